The topological polar surface area (TPSA) is 49.3 Å². The van der Waals surface area contributed by atoms with Gasteiger partial charge in [-0.3, -0.25) is 4.79 Å². The minimum atomic E-state index is -0.688. The van der Waals surface area contributed by atoms with E-state index in [1.807, 2.05) is 0 Å². The molecular formula is C11H21NO2. The van der Waals surface area contributed by atoms with E-state index in [0.29, 0.717) is 5.92 Å². The van der Waals surface area contributed by atoms with Crippen molar-refractivity contribution >= 4 is 5.97 Å². The number of hydrogen-bond donors (Lipinski definition) is 2. The molecule has 3 unspecified atom stereocenters. The first-order chi connectivity index (χ1) is 6.63. The lowest BCUT2D eigenvalue weighted by Crippen LogP contribution is -2.41. The normalized spacial score (nSPS) is 29.9. The quantitative estimate of drug-likeness (QED) is 0.726. The fourth-order valence-electron chi connectivity index (χ4n) is 2.26. The van der Waals surface area contributed by atoms with Crippen molar-refractivity contribution < 1.29 is 9.90 Å². The maximum absolute atomic E-state index is 10.6. The van der Waals surface area contributed by atoms with Crippen molar-refractivity contribution in [2.75, 3.05) is 6.54 Å². The van der Waals surface area contributed by atoms with Crippen LogP contribution in [-0.4, -0.2) is 23.7 Å². The van der Waals surface area contributed by atoms with Crippen LogP contribution in [0.4, 0.5) is 0 Å². The molecular weight excluding hydrogens is 178 g/mol. The summed E-state index contributed by atoms with van der Waals surface area (Å²) in [6.07, 6.45) is 3.70. The Labute approximate surface area is 85.9 Å². The van der Waals surface area contributed by atoms with Crippen LogP contribution in [0.15, 0.2) is 0 Å². The smallest absolute Gasteiger partial charge is 0.304 e. The van der Waals surface area contributed by atoms with Crippen molar-refractivity contribution in [3.8, 4) is 0 Å². The fraction of sp³-hybridized carbons (Fsp3) is 0.909. The zero-order valence-electron chi connectivity index (χ0n) is 9.12. The van der Waals surface area contributed by atoms with Gasteiger partial charge in [0.1, 0.15) is 0 Å². The van der Waals surface area contributed by atoms with Crippen LogP contribution in [0.5, 0.6) is 0 Å². The Morgan fingerprint density at radius 1 is 1.64 bits per heavy atom. The summed E-state index contributed by atoms with van der Waals surface area (Å²) < 4.78 is 0. The Morgan fingerprint density at radius 2 is 2.36 bits per heavy atom. The predicted octanol–water partition coefficient (Wildman–Crippen LogP) is 1.88. The van der Waals surface area contributed by atoms with E-state index in [2.05, 4.69) is 19.2 Å². The van der Waals surface area contributed by atoms with Crippen LogP contribution in [-0.2, 0) is 4.79 Å². The van der Waals surface area contributed by atoms with Crippen molar-refractivity contribution in [3.63, 3.8) is 0 Å². The molecule has 1 saturated heterocycles. The standard InChI is InChI=1S/C11H21NO2/c1-3-8(2)9-4-5-12-10(6-9)7-11(13)14/h8-10,12H,3-7H2,1-2H3,(H,13,14). The van der Waals surface area contributed by atoms with E-state index >= 15 is 0 Å². The highest BCUT2D eigenvalue weighted by molar-refractivity contribution is 5.67. The minimum Gasteiger partial charge on any atom is -0.481 e. The van der Waals surface area contributed by atoms with Crippen molar-refractivity contribution in [2.45, 2.75) is 45.6 Å². The van der Waals surface area contributed by atoms with Gasteiger partial charge in [0, 0.05) is 6.04 Å². The molecule has 14 heavy (non-hydrogen) atoms. The Kier molecular flexibility index (Phi) is 4.39. The molecule has 1 aliphatic rings. The van der Waals surface area contributed by atoms with Crippen molar-refractivity contribution in [2.24, 2.45) is 11.8 Å². The van der Waals surface area contributed by atoms with Gasteiger partial charge in [0.25, 0.3) is 0 Å². The molecule has 2 N–H and O–H groups in total. The highest BCUT2D eigenvalue weighted by atomic mass is 16.4. The second-order valence-corrected chi connectivity index (χ2v) is 4.42. The second kappa shape index (κ2) is 5.35. The molecule has 1 fully saturated rings. The lowest BCUT2D eigenvalue weighted by Gasteiger charge is -2.32. The molecule has 82 valence electrons. The van der Waals surface area contributed by atoms with E-state index in [1.165, 1.54) is 12.8 Å². The molecule has 0 aromatic heterocycles. The summed E-state index contributed by atoms with van der Waals surface area (Å²) in [6.45, 7) is 5.46. The average Bonchev–Trinajstić information content (AvgIpc) is 2.16. The molecule has 0 saturated carbocycles. The minimum absolute atomic E-state index is 0.195. The Hall–Kier alpha value is -0.570. The van der Waals surface area contributed by atoms with Crippen LogP contribution < -0.4 is 5.32 Å². The SMILES string of the molecule is CCC(C)C1CCNC(CC(=O)O)C1. The molecule has 0 amide bonds. The van der Waals surface area contributed by atoms with Crippen LogP contribution in [0.1, 0.15) is 39.5 Å². The van der Waals surface area contributed by atoms with Gasteiger partial charge < -0.3 is 10.4 Å². The summed E-state index contributed by atoms with van der Waals surface area (Å²) in [7, 11) is 0. The van der Waals surface area contributed by atoms with Crippen molar-refractivity contribution in [3.05, 3.63) is 0 Å². The second-order valence-electron chi connectivity index (χ2n) is 4.42. The molecule has 3 atom stereocenters. The van der Waals surface area contributed by atoms with Gasteiger partial charge in [0.05, 0.1) is 6.42 Å². The van der Waals surface area contributed by atoms with Gasteiger partial charge in [-0.15, -0.1) is 0 Å². The molecule has 0 radical (unpaired) electrons. The molecule has 1 rings (SSSR count). The number of piperidine rings is 1. The Balaban J connectivity index is 2.39. The molecule has 0 aliphatic carbocycles. The van der Waals surface area contributed by atoms with E-state index in [9.17, 15) is 4.79 Å². The average molecular weight is 199 g/mol. The van der Waals surface area contributed by atoms with E-state index in [4.69, 9.17) is 5.11 Å². The van der Waals surface area contributed by atoms with Crippen LogP contribution in [0.3, 0.4) is 0 Å². The fourth-order valence-corrected chi connectivity index (χ4v) is 2.26. The molecule has 3 heteroatoms. The van der Waals surface area contributed by atoms with Gasteiger partial charge in [-0.25, -0.2) is 0 Å². The first-order valence-electron chi connectivity index (χ1n) is 5.58. The molecule has 0 aromatic rings. The predicted molar refractivity (Wildman–Crippen MR) is 56.2 cm³/mol. The van der Waals surface area contributed by atoms with E-state index in [-0.39, 0.29) is 12.5 Å². The maximum atomic E-state index is 10.6. The number of carboxylic acids is 1. The monoisotopic (exact) mass is 199 g/mol. The summed E-state index contributed by atoms with van der Waals surface area (Å²) in [6, 6.07) is 0.195. The number of carbonyl (C=O) groups is 1. The van der Waals surface area contributed by atoms with Crippen LogP contribution >= 0.6 is 0 Å². The zero-order valence-corrected chi connectivity index (χ0v) is 9.12. The van der Waals surface area contributed by atoms with Gasteiger partial charge in [-0.05, 0) is 31.2 Å². The number of aliphatic carboxylic acids is 1. The highest BCUT2D eigenvalue weighted by Gasteiger charge is 2.25. The first-order valence-corrected chi connectivity index (χ1v) is 5.58. The summed E-state index contributed by atoms with van der Waals surface area (Å²) in [5.74, 6) is 0.756. The van der Waals surface area contributed by atoms with Gasteiger partial charge in [-0.1, -0.05) is 20.3 Å². The Morgan fingerprint density at radius 3 is 2.93 bits per heavy atom. The maximum Gasteiger partial charge on any atom is 0.304 e. The molecule has 0 aromatic carbocycles. The third kappa shape index (κ3) is 3.29. The molecule has 1 heterocycles. The van der Waals surface area contributed by atoms with E-state index in [1.54, 1.807) is 0 Å². The zero-order chi connectivity index (χ0) is 10.6. The van der Waals surface area contributed by atoms with Crippen LogP contribution in [0.25, 0.3) is 0 Å². The molecule has 3 nitrogen and oxygen atoms in total. The summed E-state index contributed by atoms with van der Waals surface area (Å²) in [5, 5.41) is 12.0. The van der Waals surface area contributed by atoms with Gasteiger partial charge >= 0.3 is 5.97 Å². The lowest BCUT2D eigenvalue weighted by molar-refractivity contribution is -0.137. The van der Waals surface area contributed by atoms with Crippen LogP contribution in [0.2, 0.25) is 0 Å². The van der Waals surface area contributed by atoms with Gasteiger partial charge in [-0.2, -0.15) is 0 Å². The third-order valence-corrected chi connectivity index (χ3v) is 3.41. The number of nitrogens with one attached hydrogen (secondary N) is 1. The Bertz CT molecular complexity index is 194. The van der Waals surface area contributed by atoms with E-state index in [0.717, 1.165) is 18.9 Å². The summed E-state index contributed by atoms with van der Waals surface area (Å²) in [4.78, 5) is 10.6. The van der Waals surface area contributed by atoms with E-state index < -0.39 is 5.97 Å². The number of rotatable bonds is 4. The van der Waals surface area contributed by atoms with Crippen molar-refractivity contribution in [1.29, 1.82) is 0 Å². The third-order valence-electron chi connectivity index (χ3n) is 3.41. The van der Waals surface area contributed by atoms with Gasteiger partial charge in [0.15, 0.2) is 0 Å². The first kappa shape index (κ1) is 11.5. The number of carboxylic acid groups (broad SMARTS) is 1. The summed E-state index contributed by atoms with van der Waals surface area (Å²) >= 11 is 0. The number of hydrogen-bond acceptors (Lipinski definition) is 2. The highest BCUT2D eigenvalue weighted by Crippen LogP contribution is 2.27. The molecule has 1 aliphatic heterocycles. The van der Waals surface area contributed by atoms with Crippen LogP contribution in [0, 0.1) is 11.8 Å². The van der Waals surface area contributed by atoms with Gasteiger partial charge in [0.2, 0.25) is 0 Å². The molecule has 0 spiro atoms. The molecule has 0 bridgehead atoms. The summed E-state index contributed by atoms with van der Waals surface area (Å²) in [5.41, 5.74) is 0. The lowest BCUT2D eigenvalue weighted by atomic mass is 9.81. The van der Waals surface area contributed by atoms with Crippen molar-refractivity contribution in [1.82, 2.24) is 5.32 Å². The largest absolute Gasteiger partial charge is 0.481 e.